The zero-order valence-corrected chi connectivity index (χ0v) is 19.5. The topological polar surface area (TPSA) is 200 Å². The summed E-state index contributed by atoms with van der Waals surface area (Å²) >= 11 is 5.63. The van der Waals surface area contributed by atoms with Crippen LogP contribution < -0.4 is 21.7 Å². The lowest BCUT2D eigenvalue weighted by Gasteiger charge is -2.25. The summed E-state index contributed by atoms with van der Waals surface area (Å²) < 4.78 is 0. The van der Waals surface area contributed by atoms with Gasteiger partial charge in [-0.15, -0.1) is 0 Å². The van der Waals surface area contributed by atoms with Crippen LogP contribution in [0.5, 0.6) is 0 Å². The number of rotatable bonds is 14. The molecule has 0 saturated carbocycles. The van der Waals surface area contributed by atoms with E-state index in [-0.39, 0.29) is 12.2 Å². The summed E-state index contributed by atoms with van der Waals surface area (Å²) in [6.07, 6.45) is 3.73. The van der Waals surface area contributed by atoms with E-state index >= 15 is 0 Å². The molecule has 1 heterocycles. The van der Waals surface area contributed by atoms with Gasteiger partial charge in [-0.25, -0.2) is 9.78 Å². The normalized spacial score (nSPS) is 15.7. The Morgan fingerprint density at radius 3 is 2.31 bits per heavy atom. The number of carboxylic acids is 1. The SMILES string of the molecule is CSCCC(N)C(=O)NC(CS)C(=O)NC(Cc1cnc[nH]1)C(=O)NC(C(=O)O)C(C)O. The van der Waals surface area contributed by atoms with E-state index in [4.69, 9.17) is 5.73 Å². The third kappa shape index (κ3) is 9.06. The minimum Gasteiger partial charge on any atom is -0.480 e. The maximum Gasteiger partial charge on any atom is 0.328 e. The number of aliphatic hydroxyl groups excluding tert-OH is 1. The molecule has 0 saturated heterocycles. The van der Waals surface area contributed by atoms with Gasteiger partial charge in [0.1, 0.15) is 12.1 Å². The molecular weight excluding hydrogens is 460 g/mol. The number of nitrogens with one attached hydrogen (secondary N) is 4. The second kappa shape index (κ2) is 14.0. The lowest BCUT2D eigenvalue weighted by Crippen LogP contribution is -2.59. The Hall–Kier alpha value is -2.29. The monoisotopic (exact) mass is 490 g/mol. The number of aromatic amines is 1. The molecule has 180 valence electrons. The molecule has 0 bridgehead atoms. The van der Waals surface area contributed by atoms with Crippen molar-refractivity contribution in [3.8, 4) is 0 Å². The van der Waals surface area contributed by atoms with Crippen LogP contribution >= 0.6 is 24.4 Å². The molecule has 3 amide bonds. The number of hydrogen-bond acceptors (Lipinski definition) is 9. The van der Waals surface area contributed by atoms with Crippen molar-refractivity contribution in [1.82, 2.24) is 25.9 Å². The number of carbonyl (C=O) groups is 4. The molecule has 0 aliphatic carbocycles. The Labute approximate surface area is 195 Å². The third-order valence-electron chi connectivity index (χ3n) is 4.44. The van der Waals surface area contributed by atoms with Crippen LogP contribution in [0.15, 0.2) is 12.5 Å². The van der Waals surface area contributed by atoms with E-state index in [0.29, 0.717) is 17.9 Å². The van der Waals surface area contributed by atoms with Gasteiger partial charge < -0.3 is 36.9 Å². The molecule has 0 radical (unpaired) electrons. The van der Waals surface area contributed by atoms with Crippen LogP contribution in [0.4, 0.5) is 0 Å². The lowest BCUT2D eigenvalue weighted by molar-refractivity contribution is -0.145. The molecule has 0 aromatic carbocycles. The van der Waals surface area contributed by atoms with E-state index in [9.17, 15) is 29.4 Å². The highest BCUT2D eigenvalue weighted by Crippen LogP contribution is 2.04. The smallest absolute Gasteiger partial charge is 0.328 e. The number of aliphatic hydroxyl groups is 1. The van der Waals surface area contributed by atoms with E-state index < -0.39 is 54.0 Å². The fourth-order valence-electron chi connectivity index (χ4n) is 2.59. The largest absolute Gasteiger partial charge is 0.480 e. The van der Waals surface area contributed by atoms with Crippen molar-refractivity contribution < 1.29 is 29.4 Å². The molecule has 12 nitrogen and oxygen atoms in total. The van der Waals surface area contributed by atoms with Crippen LogP contribution in [-0.4, -0.2) is 91.9 Å². The van der Waals surface area contributed by atoms with Gasteiger partial charge in [0.25, 0.3) is 0 Å². The van der Waals surface area contributed by atoms with Crippen molar-refractivity contribution >= 4 is 48.1 Å². The second-order valence-electron chi connectivity index (χ2n) is 7.04. The number of aliphatic carboxylic acids is 1. The van der Waals surface area contributed by atoms with Crippen molar-refractivity contribution in [2.24, 2.45) is 5.73 Å². The molecule has 8 N–H and O–H groups in total. The summed E-state index contributed by atoms with van der Waals surface area (Å²) in [5.41, 5.74) is 6.32. The first kappa shape index (κ1) is 27.7. The summed E-state index contributed by atoms with van der Waals surface area (Å²) in [4.78, 5) is 55.7. The molecule has 32 heavy (non-hydrogen) atoms. The Bertz CT molecular complexity index is 763. The van der Waals surface area contributed by atoms with Crippen LogP contribution in [0.1, 0.15) is 19.0 Å². The van der Waals surface area contributed by atoms with Crippen LogP contribution in [-0.2, 0) is 25.6 Å². The van der Waals surface area contributed by atoms with Crippen LogP contribution in [0.2, 0.25) is 0 Å². The number of imidazole rings is 1. The first-order valence-electron chi connectivity index (χ1n) is 9.75. The van der Waals surface area contributed by atoms with E-state index in [1.54, 1.807) is 0 Å². The predicted molar refractivity (Wildman–Crippen MR) is 122 cm³/mol. The van der Waals surface area contributed by atoms with Crippen molar-refractivity contribution in [2.75, 3.05) is 17.8 Å². The van der Waals surface area contributed by atoms with Gasteiger partial charge in [-0.3, -0.25) is 14.4 Å². The Balaban J connectivity index is 2.92. The lowest BCUT2D eigenvalue weighted by atomic mass is 10.1. The molecule has 1 aromatic rings. The van der Waals surface area contributed by atoms with Gasteiger partial charge in [0.05, 0.1) is 18.5 Å². The predicted octanol–water partition coefficient (Wildman–Crippen LogP) is -2.12. The molecule has 1 rings (SSSR count). The Morgan fingerprint density at radius 2 is 1.81 bits per heavy atom. The summed E-state index contributed by atoms with van der Waals surface area (Å²) in [6.45, 7) is 1.22. The van der Waals surface area contributed by atoms with Crippen LogP contribution in [0.3, 0.4) is 0 Å². The Morgan fingerprint density at radius 1 is 1.19 bits per heavy atom. The summed E-state index contributed by atoms with van der Waals surface area (Å²) in [5, 5.41) is 26.0. The molecule has 0 aliphatic rings. The highest BCUT2D eigenvalue weighted by Gasteiger charge is 2.31. The number of hydrogen-bond donors (Lipinski definition) is 8. The van der Waals surface area contributed by atoms with Gasteiger partial charge in [0.15, 0.2) is 6.04 Å². The van der Waals surface area contributed by atoms with E-state index in [2.05, 4.69) is 38.5 Å². The van der Waals surface area contributed by atoms with Crippen molar-refractivity contribution in [2.45, 2.75) is 50.0 Å². The summed E-state index contributed by atoms with van der Waals surface area (Å²) in [5.74, 6) is -2.87. The molecule has 14 heteroatoms. The maximum atomic E-state index is 12.8. The van der Waals surface area contributed by atoms with Crippen molar-refractivity contribution in [1.29, 1.82) is 0 Å². The van der Waals surface area contributed by atoms with Crippen molar-refractivity contribution in [3.05, 3.63) is 18.2 Å². The number of H-pyrrole nitrogens is 1. The number of aromatic nitrogens is 2. The quantitative estimate of drug-likeness (QED) is 0.134. The second-order valence-corrected chi connectivity index (χ2v) is 8.39. The van der Waals surface area contributed by atoms with Gasteiger partial charge >= 0.3 is 5.97 Å². The van der Waals surface area contributed by atoms with Crippen LogP contribution in [0, 0.1) is 0 Å². The number of nitrogens with two attached hydrogens (primary N) is 1. The van der Waals surface area contributed by atoms with E-state index in [1.807, 2.05) is 6.26 Å². The number of thiol groups is 1. The molecule has 0 spiro atoms. The minimum atomic E-state index is -1.57. The number of carboxylic acid groups (broad SMARTS) is 1. The molecule has 0 aliphatic heterocycles. The molecule has 1 aromatic heterocycles. The van der Waals surface area contributed by atoms with E-state index in [1.165, 1.54) is 31.2 Å². The van der Waals surface area contributed by atoms with Crippen molar-refractivity contribution in [3.63, 3.8) is 0 Å². The fourth-order valence-corrected chi connectivity index (χ4v) is 3.34. The first-order valence-corrected chi connectivity index (χ1v) is 11.8. The summed E-state index contributed by atoms with van der Waals surface area (Å²) in [7, 11) is 0. The van der Waals surface area contributed by atoms with Gasteiger partial charge in [-0.2, -0.15) is 24.4 Å². The molecule has 5 atom stereocenters. The first-order chi connectivity index (χ1) is 15.1. The minimum absolute atomic E-state index is 0.0375. The molecule has 5 unspecified atom stereocenters. The molecule has 0 fully saturated rings. The highest BCUT2D eigenvalue weighted by atomic mass is 32.2. The third-order valence-corrected chi connectivity index (χ3v) is 5.45. The number of nitrogens with zero attached hydrogens (tertiary/aromatic N) is 1. The number of carbonyl (C=O) groups excluding carboxylic acids is 3. The molecular formula is C18H30N6O6S2. The number of thioether (sulfide) groups is 1. The maximum absolute atomic E-state index is 12.8. The zero-order chi connectivity index (χ0) is 24.3. The summed E-state index contributed by atoms with van der Waals surface area (Å²) in [6, 6.07) is -4.66. The average Bonchev–Trinajstić information content (AvgIpc) is 3.25. The Kier molecular flexibility index (Phi) is 12.1. The van der Waals surface area contributed by atoms with Gasteiger partial charge in [0, 0.05) is 24.1 Å². The zero-order valence-electron chi connectivity index (χ0n) is 17.8. The van der Waals surface area contributed by atoms with Gasteiger partial charge in [-0.1, -0.05) is 0 Å². The van der Waals surface area contributed by atoms with Gasteiger partial charge in [-0.05, 0) is 25.4 Å². The van der Waals surface area contributed by atoms with Gasteiger partial charge in [0.2, 0.25) is 17.7 Å². The standard InChI is InChI=1S/C18H30N6O6S2/c1-9(25)14(18(29)30)24-16(27)12(5-10-6-20-8-21-10)22-17(28)13(7-31)23-15(26)11(19)3-4-32-2/h6,8-9,11-14,25,31H,3-5,7,19H2,1-2H3,(H,20,21)(H,22,28)(H,23,26)(H,24,27)(H,29,30). The van der Waals surface area contributed by atoms with Crippen LogP contribution in [0.25, 0.3) is 0 Å². The number of amides is 3. The fraction of sp³-hybridized carbons (Fsp3) is 0.611. The average molecular weight is 491 g/mol. The van der Waals surface area contributed by atoms with E-state index in [0.717, 1.165) is 0 Å². The highest BCUT2D eigenvalue weighted by molar-refractivity contribution is 7.98.